The number of hydrogen-bond acceptors (Lipinski definition) is 5. The van der Waals surface area contributed by atoms with Gasteiger partial charge in [-0.3, -0.25) is 9.59 Å². The van der Waals surface area contributed by atoms with Crippen molar-refractivity contribution in [2.24, 2.45) is 0 Å². The summed E-state index contributed by atoms with van der Waals surface area (Å²) in [7, 11) is 1.47. The molecule has 2 aliphatic heterocycles. The lowest BCUT2D eigenvalue weighted by Gasteiger charge is -2.17. The summed E-state index contributed by atoms with van der Waals surface area (Å²) in [6.07, 6.45) is 3.43. The minimum absolute atomic E-state index is 0.0899. The summed E-state index contributed by atoms with van der Waals surface area (Å²) in [5.41, 5.74) is 1.30. The molecule has 0 radical (unpaired) electrons. The van der Waals surface area contributed by atoms with E-state index in [2.05, 4.69) is 15.5 Å². The molecule has 2 N–H and O–H groups in total. The van der Waals surface area contributed by atoms with Crippen LogP contribution in [0.15, 0.2) is 48.2 Å². The molecule has 8 nitrogen and oxygen atoms in total. The molecule has 2 heterocycles. The van der Waals surface area contributed by atoms with Crippen LogP contribution in [0.5, 0.6) is 5.75 Å². The van der Waals surface area contributed by atoms with Crippen molar-refractivity contribution in [1.29, 1.82) is 0 Å². The topological polar surface area (TPSA) is 91.0 Å². The van der Waals surface area contributed by atoms with Gasteiger partial charge in [-0.25, -0.2) is 14.1 Å². The van der Waals surface area contributed by atoms with Gasteiger partial charge in [0.2, 0.25) is 5.91 Å². The van der Waals surface area contributed by atoms with Gasteiger partial charge in [0.1, 0.15) is 23.8 Å². The van der Waals surface area contributed by atoms with Gasteiger partial charge >= 0.3 is 6.03 Å². The van der Waals surface area contributed by atoms with Gasteiger partial charge in [-0.2, -0.15) is 0 Å². The smallest absolute Gasteiger partial charge is 0.329 e. The van der Waals surface area contributed by atoms with E-state index in [1.165, 1.54) is 19.3 Å². The summed E-state index contributed by atoms with van der Waals surface area (Å²) in [5.74, 6) is -1.31. The predicted molar refractivity (Wildman–Crippen MR) is 118 cm³/mol. The first kappa shape index (κ1) is 21.4. The van der Waals surface area contributed by atoms with Crippen LogP contribution in [0.4, 0.5) is 20.6 Å². The first-order chi connectivity index (χ1) is 15.5. The van der Waals surface area contributed by atoms with Crippen molar-refractivity contribution < 1.29 is 23.5 Å². The fourth-order valence-corrected chi connectivity index (χ4v) is 3.76. The molecule has 4 rings (SSSR count). The van der Waals surface area contributed by atoms with Crippen molar-refractivity contribution >= 4 is 35.3 Å². The SMILES string of the molecule is COc1ccccc1NC(=O)CN1C(=O)N/C(=C/c2ccc(N3CCCC3)cc2F)C1=O. The zero-order valence-electron chi connectivity index (χ0n) is 17.6. The number of urea groups is 1. The Morgan fingerprint density at radius 3 is 2.66 bits per heavy atom. The van der Waals surface area contributed by atoms with Crippen LogP contribution in [0.2, 0.25) is 0 Å². The second-order valence-electron chi connectivity index (χ2n) is 7.53. The van der Waals surface area contributed by atoms with E-state index >= 15 is 0 Å². The highest BCUT2D eigenvalue weighted by Gasteiger charge is 2.35. The highest BCUT2D eigenvalue weighted by molar-refractivity contribution is 6.16. The molecule has 0 spiro atoms. The molecule has 0 atom stereocenters. The van der Waals surface area contributed by atoms with Crippen molar-refractivity contribution in [2.75, 3.05) is 37.0 Å². The molecule has 0 saturated carbocycles. The maximum absolute atomic E-state index is 14.6. The van der Waals surface area contributed by atoms with Crippen molar-refractivity contribution in [3.05, 3.63) is 59.5 Å². The van der Waals surface area contributed by atoms with E-state index in [1.54, 1.807) is 36.4 Å². The number of carbonyl (C=O) groups is 3. The normalized spacial score (nSPS) is 17.1. The number of para-hydroxylation sites is 2. The lowest BCUT2D eigenvalue weighted by molar-refractivity contribution is -0.127. The third kappa shape index (κ3) is 4.41. The largest absolute Gasteiger partial charge is 0.495 e. The van der Waals surface area contributed by atoms with Gasteiger partial charge in [0.25, 0.3) is 5.91 Å². The van der Waals surface area contributed by atoms with Crippen LogP contribution in [-0.4, -0.2) is 49.5 Å². The van der Waals surface area contributed by atoms with Crippen LogP contribution in [0.25, 0.3) is 6.08 Å². The minimum atomic E-state index is -0.745. The van der Waals surface area contributed by atoms with E-state index in [4.69, 9.17) is 4.74 Å². The molecule has 166 valence electrons. The number of rotatable bonds is 6. The van der Waals surface area contributed by atoms with Gasteiger partial charge in [0.05, 0.1) is 12.8 Å². The van der Waals surface area contributed by atoms with E-state index in [0.29, 0.717) is 11.4 Å². The van der Waals surface area contributed by atoms with Gasteiger partial charge in [-0.1, -0.05) is 12.1 Å². The zero-order chi connectivity index (χ0) is 22.7. The number of imide groups is 1. The number of nitrogens with zero attached hydrogens (tertiary/aromatic N) is 2. The van der Waals surface area contributed by atoms with Gasteiger partial charge in [-0.05, 0) is 49.2 Å². The van der Waals surface area contributed by atoms with E-state index in [-0.39, 0.29) is 11.3 Å². The van der Waals surface area contributed by atoms with Gasteiger partial charge < -0.3 is 20.3 Å². The molecule has 2 aliphatic rings. The average molecular weight is 438 g/mol. The molecule has 0 aliphatic carbocycles. The molecule has 2 saturated heterocycles. The Kier molecular flexibility index (Phi) is 6.07. The number of anilines is 2. The van der Waals surface area contributed by atoms with Gasteiger partial charge in [0, 0.05) is 24.3 Å². The molecule has 4 amide bonds. The quantitative estimate of drug-likeness (QED) is 0.535. The summed E-state index contributed by atoms with van der Waals surface area (Å²) in [6.45, 7) is 1.29. The first-order valence-corrected chi connectivity index (χ1v) is 10.3. The van der Waals surface area contributed by atoms with Gasteiger partial charge in [0.15, 0.2) is 0 Å². The molecule has 2 aromatic rings. The second kappa shape index (κ2) is 9.09. The van der Waals surface area contributed by atoms with Crippen molar-refractivity contribution in [3.63, 3.8) is 0 Å². The molecular formula is C23H23FN4O4. The molecule has 0 unspecified atom stereocenters. The average Bonchev–Trinajstić information content (AvgIpc) is 3.40. The van der Waals surface area contributed by atoms with Crippen LogP contribution >= 0.6 is 0 Å². The molecule has 0 aromatic heterocycles. The van der Waals surface area contributed by atoms with E-state index < -0.39 is 30.2 Å². The first-order valence-electron chi connectivity index (χ1n) is 10.3. The maximum Gasteiger partial charge on any atom is 0.329 e. The lowest BCUT2D eigenvalue weighted by Crippen LogP contribution is -2.38. The van der Waals surface area contributed by atoms with Crippen molar-refractivity contribution in [3.8, 4) is 5.75 Å². The van der Waals surface area contributed by atoms with Crippen LogP contribution in [0.3, 0.4) is 0 Å². The molecule has 0 bridgehead atoms. The summed E-state index contributed by atoms with van der Waals surface area (Å²) in [6, 6.07) is 10.8. The molecular weight excluding hydrogens is 415 g/mol. The Morgan fingerprint density at radius 1 is 1.19 bits per heavy atom. The zero-order valence-corrected chi connectivity index (χ0v) is 17.6. The summed E-state index contributed by atoms with van der Waals surface area (Å²) in [4.78, 5) is 40.2. The minimum Gasteiger partial charge on any atom is -0.495 e. The Hall–Kier alpha value is -3.88. The van der Waals surface area contributed by atoms with Crippen LogP contribution < -0.4 is 20.3 Å². The number of methoxy groups -OCH3 is 1. The van der Waals surface area contributed by atoms with E-state index in [9.17, 15) is 18.8 Å². The highest BCUT2D eigenvalue weighted by atomic mass is 19.1. The summed E-state index contributed by atoms with van der Waals surface area (Å²) < 4.78 is 19.8. The molecule has 9 heteroatoms. The van der Waals surface area contributed by atoms with E-state index in [0.717, 1.165) is 36.5 Å². The summed E-state index contributed by atoms with van der Waals surface area (Å²) in [5, 5.41) is 5.02. The Morgan fingerprint density at radius 2 is 1.94 bits per heavy atom. The van der Waals surface area contributed by atoms with Crippen LogP contribution in [0.1, 0.15) is 18.4 Å². The van der Waals surface area contributed by atoms with Crippen LogP contribution in [0, 0.1) is 5.82 Å². The third-order valence-electron chi connectivity index (χ3n) is 5.40. The Bertz CT molecular complexity index is 1100. The highest BCUT2D eigenvalue weighted by Crippen LogP contribution is 2.25. The van der Waals surface area contributed by atoms with E-state index in [1.807, 2.05) is 0 Å². The number of hydrogen-bond donors (Lipinski definition) is 2. The fraction of sp³-hybridized carbons (Fsp3) is 0.261. The monoisotopic (exact) mass is 438 g/mol. The van der Waals surface area contributed by atoms with Crippen molar-refractivity contribution in [1.82, 2.24) is 10.2 Å². The standard InChI is InChI=1S/C23H23FN4O4/c1-32-20-7-3-2-6-18(20)25-21(29)14-28-22(30)19(26-23(28)31)12-15-8-9-16(13-17(15)24)27-10-4-5-11-27/h2-3,6-9,12-13H,4-5,10-11,14H2,1H3,(H,25,29)(H,26,31)/b19-12+. The molecule has 2 aromatic carbocycles. The number of halogens is 1. The second-order valence-corrected chi connectivity index (χ2v) is 7.53. The molecule has 2 fully saturated rings. The third-order valence-corrected chi connectivity index (χ3v) is 5.40. The van der Waals surface area contributed by atoms with Crippen molar-refractivity contribution in [2.45, 2.75) is 12.8 Å². The number of carbonyl (C=O) groups excluding carboxylic acids is 3. The number of amides is 4. The van der Waals surface area contributed by atoms with Gasteiger partial charge in [-0.15, -0.1) is 0 Å². The predicted octanol–water partition coefficient (Wildman–Crippen LogP) is 2.97. The number of benzene rings is 2. The fourth-order valence-electron chi connectivity index (χ4n) is 3.76. The lowest BCUT2D eigenvalue weighted by atomic mass is 10.1. The Balaban J connectivity index is 1.45. The molecule has 32 heavy (non-hydrogen) atoms. The summed E-state index contributed by atoms with van der Waals surface area (Å²) >= 11 is 0. The number of nitrogens with one attached hydrogen (secondary N) is 2. The number of ether oxygens (including phenoxy) is 1. The Labute approximate surface area is 184 Å². The maximum atomic E-state index is 14.6. The van der Waals surface area contributed by atoms with Crippen LogP contribution in [-0.2, 0) is 9.59 Å².